The van der Waals surface area contributed by atoms with E-state index in [0.29, 0.717) is 12.5 Å². The summed E-state index contributed by atoms with van der Waals surface area (Å²) in [6.07, 6.45) is 0.776. The first-order valence-electron chi connectivity index (χ1n) is 9.44. The summed E-state index contributed by atoms with van der Waals surface area (Å²) in [5.74, 6) is -1.20. The number of hydrogen-bond acceptors (Lipinski definition) is 7. The predicted molar refractivity (Wildman–Crippen MR) is 105 cm³/mol. The van der Waals surface area contributed by atoms with Crippen LogP contribution >= 0.6 is 0 Å². The van der Waals surface area contributed by atoms with Crippen LogP contribution in [0.4, 0.5) is 4.39 Å². The first-order valence-corrected chi connectivity index (χ1v) is 9.44. The predicted octanol–water partition coefficient (Wildman–Crippen LogP) is 1.38. The fourth-order valence-corrected chi connectivity index (χ4v) is 2.65. The van der Waals surface area contributed by atoms with E-state index in [-0.39, 0.29) is 29.6 Å². The lowest BCUT2D eigenvalue weighted by Gasteiger charge is -2.09. The van der Waals surface area contributed by atoms with Crippen molar-refractivity contribution in [2.75, 3.05) is 6.54 Å². The minimum Gasteiger partial charge on any atom is -0.348 e. The van der Waals surface area contributed by atoms with Crippen molar-refractivity contribution in [2.45, 2.75) is 33.7 Å². The highest BCUT2D eigenvalue weighted by Gasteiger charge is 2.22. The SMILES string of the molecule is CCn1c(=O)c(-c2noc(C(=O)NCCC(C)C)n2)nn(-c2ccc(F)cc2)c1=O. The number of aromatic nitrogens is 5. The smallest absolute Gasteiger partial charge is 0.348 e. The summed E-state index contributed by atoms with van der Waals surface area (Å²) in [7, 11) is 0. The second-order valence-electron chi connectivity index (χ2n) is 6.93. The molecule has 0 bridgehead atoms. The van der Waals surface area contributed by atoms with E-state index in [0.717, 1.165) is 15.7 Å². The molecule has 1 aromatic carbocycles. The molecule has 2 aromatic heterocycles. The molecule has 0 spiro atoms. The molecule has 1 N–H and O–H groups in total. The third-order valence-corrected chi connectivity index (χ3v) is 4.29. The van der Waals surface area contributed by atoms with Crippen LogP contribution in [-0.2, 0) is 6.54 Å². The minimum atomic E-state index is -0.728. The summed E-state index contributed by atoms with van der Waals surface area (Å²) in [6.45, 7) is 6.17. The van der Waals surface area contributed by atoms with E-state index < -0.39 is 23.0 Å². The van der Waals surface area contributed by atoms with Crippen LogP contribution < -0.4 is 16.6 Å². The summed E-state index contributed by atoms with van der Waals surface area (Å²) in [6, 6.07) is 5.03. The van der Waals surface area contributed by atoms with Gasteiger partial charge in [-0.15, -0.1) is 0 Å². The molecule has 30 heavy (non-hydrogen) atoms. The van der Waals surface area contributed by atoms with Gasteiger partial charge in [-0.1, -0.05) is 19.0 Å². The fourth-order valence-electron chi connectivity index (χ4n) is 2.65. The van der Waals surface area contributed by atoms with Gasteiger partial charge in [0.1, 0.15) is 5.82 Å². The number of rotatable bonds is 7. The van der Waals surface area contributed by atoms with E-state index in [9.17, 15) is 18.8 Å². The minimum absolute atomic E-state index is 0.0643. The molecule has 10 nitrogen and oxygen atoms in total. The molecule has 0 saturated heterocycles. The maximum Gasteiger partial charge on any atom is 0.352 e. The number of benzene rings is 1. The number of amides is 1. The molecule has 0 unspecified atom stereocenters. The first kappa shape index (κ1) is 21.1. The lowest BCUT2D eigenvalue weighted by molar-refractivity contribution is 0.0908. The molecule has 0 aliphatic heterocycles. The molecule has 158 valence electrons. The number of halogens is 1. The monoisotopic (exact) mass is 416 g/mol. The van der Waals surface area contributed by atoms with Crippen LogP contribution in [0.3, 0.4) is 0 Å². The fraction of sp³-hybridized carbons (Fsp3) is 0.368. The third kappa shape index (κ3) is 4.34. The van der Waals surface area contributed by atoms with Crippen molar-refractivity contribution in [3.05, 3.63) is 56.8 Å². The number of carbonyl (C=O) groups is 1. The van der Waals surface area contributed by atoms with Gasteiger partial charge in [-0.25, -0.2) is 9.18 Å². The highest BCUT2D eigenvalue weighted by atomic mass is 19.1. The van der Waals surface area contributed by atoms with E-state index in [2.05, 4.69) is 20.6 Å². The first-order chi connectivity index (χ1) is 14.3. The molecular weight excluding hydrogens is 395 g/mol. The Morgan fingerprint density at radius 3 is 2.57 bits per heavy atom. The highest BCUT2D eigenvalue weighted by Crippen LogP contribution is 2.11. The topological polar surface area (TPSA) is 125 Å². The summed E-state index contributed by atoms with van der Waals surface area (Å²) >= 11 is 0. The van der Waals surface area contributed by atoms with E-state index in [4.69, 9.17) is 4.52 Å². The Morgan fingerprint density at radius 1 is 1.23 bits per heavy atom. The highest BCUT2D eigenvalue weighted by molar-refractivity contribution is 5.89. The zero-order valence-corrected chi connectivity index (χ0v) is 16.8. The second-order valence-corrected chi connectivity index (χ2v) is 6.93. The standard InChI is InChI=1S/C19H21FN6O4/c1-4-25-18(28)14(23-26(19(25)29)13-7-5-12(20)6-8-13)15-22-17(30-24-15)16(27)21-10-9-11(2)3/h5-8,11H,4,9-10H2,1-3H3,(H,21,27). The molecule has 0 aliphatic carbocycles. The van der Waals surface area contributed by atoms with Crippen LogP contribution in [-0.4, -0.2) is 36.9 Å². The van der Waals surface area contributed by atoms with E-state index in [1.807, 2.05) is 13.8 Å². The molecule has 3 aromatic rings. The summed E-state index contributed by atoms with van der Waals surface area (Å²) < 4.78 is 20.1. The second kappa shape index (κ2) is 8.80. The molecule has 0 aliphatic rings. The van der Waals surface area contributed by atoms with Gasteiger partial charge in [0.15, 0.2) is 5.69 Å². The number of nitrogens with one attached hydrogen (secondary N) is 1. The van der Waals surface area contributed by atoms with Crippen LogP contribution in [0.5, 0.6) is 0 Å². The van der Waals surface area contributed by atoms with Crippen molar-refractivity contribution < 1.29 is 13.7 Å². The zero-order valence-electron chi connectivity index (χ0n) is 16.8. The van der Waals surface area contributed by atoms with E-state index in [1.54, 1.807) is 6.92 Å². The summed E-state index contributed by atoms with van der Waals surface area (Å²) in [4.78, 5) is 41.4. The Morgan fingerprint density at radius 2 is 1.93 bits per heavy atom. The maximum atomic E-state index is 13.2. The van der Waals surface area contributed by atoms with Crippen molar-refractivity contribution in [2.24, 2.45) is 5.92 Å². The maximum absolute atomic E-state index is 13.2. The van der Waals surface area contributed by atoms with Crippen molar-refractivity contribution >= 4 is 5.91 Å². The average Bonchev–Trinajstić information content (AvgIpc) is 3.19. The lowest BCUT2D eigenvalue weighted by atomic mass is 10.1. The van der Waals surface area contributed by atoms with Crippen molar-refractivity contribution in [3.63, 3.8) is 0 Å². The molecule has 0 saturated carbocycles. The third-order valence-electron chi connectivity index (χ3n) is 4.29. The molecule has 0 radical (unpaired) electrons. The van der Waals surface area contributed by atoms with Gasteiger partial charge in [0.05, 0.1) is 5.69 Å². The lowest BCUT2D eigenvalue weighted by Crippen LogP contribution is -2.41. The van der Waals surface area contributed by atoms with Crippen molar-refractivity contribution in [3.8, 4) is 17.2 Å². The van der Waals surface area contributed by atoms with Crippen LogP contribution in [0.15, 0.2) is 38.4 Å². The Hall–Kier alpha value is -3.63. The van der Waals surface area contributed by atoms with Gasteiger partial charge in [-0.2, -0.15) is 14.8 Å². The zero-order chi connectivity index (χ0) is 21.8. The molecule has 3 rings (SSSR count). The van der Waals surface area contributed by atoms with E-state index in [1.165, 1.54) is 24.3 Å². The molecule has 1 amide bonds. The van der Waals surface area contributed by atoms with Gasteiger partial charge < -0.3 is 9.84 Å². The van der Waals surface area contributed by atoms with Gasteiger partial charge in [0, 0.05) is 13.1 Å². The molecule has 2 heterocycles. The molecule has 0 atom stereocenters. The van der Waals surface area contributed by atoms with Crippen LogP contribution in [0.2, 0.25) is 0 Å². The van der Waals surface area contributed by atoms with Gasteiger partial charge in [-0.05, 0) is 43.5 Å². The number of hydrogen-bond donors (Lipinski definition) is 1. The molecule has 0 fully saturated rings. The van der Waals surface area contributed by atoms with Crippen LogP contribution in [0, 0.1) is 11.7 Å². The Labute approximate surface area is 170 Å². The Balaban J connectivity index is 2.00. The summed E-state index contributed by atoms with van der Waals surface area (Å²) in [5, 5.41) is 10.4. The van der Waals surface area contributed by atoms with Gasteiger partial charge >= 0.3 is 17.5 Å². The van der Waals surface area contributed by atoms with Gasteiger partial charge in [0.25, 0.3) is 5.56 Å². The summed E-state index contributed by atoms with van der Waals surface area (Å²) in [5.41, 5.74) is -1.45. The number of carbonyl (C=O) groups excluding carboxylic acids is 1. The Kier molecular flexibility index (Phi) is 6.19. The van der Waals surface area contributed by atoms with Crippen LogP contribution in [0.1, 0.15) is 37.9 Å². The largest absolute Gasteiger partial charge is 0.352 e. The van der Waals surface area contributed by atoms with Crippen LogP contribution in [0.25, 0.3) is 17.2 Å². The normalized spacial score (nSPS) is 11.1. The molecule has 11 heteroatoms. The van der Waals surface area contributed by atoms with Gasteiger partial charge in [0.2, 0.25) is 5.82 Å². The number of nitrogens with zero attached hydrogens (tertiary/aromatic N) is 5. The Bertz CT molecular complexity index is 1160. The average molecular weight is 416 g/mol. The van der Waals surface area contributed by atoms with Gasteiger partial charge in [-0.3, -0.25) is 14.2 Å². The quantitative estimate of drug-likeness (QED) is 0.617. The van der Waals surface area contributed by atoms with Crippen molar-refractivity contribution in [1.29, 1.82) is 0 Å². The van der Waals surface area contributed by atoms with E-state index >= 15 is 0 Å². The molecular formula is C19H21FN6O4. The van der Waals surface area contributed by atoms with Crippen molar-refractivity contribution in [1.82, 2.24) is 29.8 Å².